The molecule has 0 fully saturated rings. The molecule has 0 unspecified atom stereocenters. The molecule has 0 N–H and O–H groups in total. The van der Waals surface area contributed by atoms with Crippen molar-refractivity contribution in [2.75, 3.05) is 0 Å². The molecule has 0 saturated carbocycles. The standard InChI is InChI=1S/C11H15FIN/c1-4-5-11(2,3)8-6-10(12)14-7-9(8)13/h6-7H,4-5H2,1-3H3. The van der Waals surface area contributed by atoms with Crippen LogP contribution >= 0.6 is 22.6 Å². The van der Waals surface area contributed by atoms with Crippen molar-refractivity contribution in [3.8, 4) is 0 Å². The van der Waals surface area contributed by atoms with Gasteiger partial charge < -0.3 is 0 Å². The van der Waals surface area contributed by atoms with Gasteiger partial charge in [0, 0.05) is 9.77 Å². The first-order chi connectivity index (χ1) is 6.47. The largest absolute Gasteiger partial charge is 0.227 e. The van der Waals surface area contributed by atoms with E-state index in [-0.39, 0.29) is 11.4 Å². The molecule has 0 amide bonds. The molecule has 0 atom stereocenters. The summed E-state index contributed by atoms with van der Waals surface area (Å²) in [6.45, 7) is 6.44. The maximum atomic E-state index is 13.0. The lowest BCUT2D eigenvalue weighted by molar-refractivity contribution is 0.463. The first-order valence-corrected chi connectivity index (χ1v) is 5.87. The molecule has 0 saturated heterocycles. The lowest BCUT2D eigenvalue weighted by Crippen LogP contribution is -2.18. The number of pyridine rings is 1. The molecular weight excluding hydrogens is 292 g/mol. The lowest BCUT2D eigenvalue weighted by Gasteiger charge is -2.25. The molecule has 1 nitrogen and oxygen atoms in total. The first-order valence-electron chi connectivity index (χ1n) is 4.79. The Hall–Kier alpha value is -0.190. The summed E-state index contributed by atoms with van der Waals surface area (Å²) in [7, 11) is 0. The van der Waals surface area contributed by atoms with Crippen LogP contribution in [0.1, 0.15) is 39.2 Å². The minimum atomic E-state index is -0.385. The number of hydrogen-bond donors (Lipinski definition) is 0. The highest BCUT2D eigenvalue weighted by Gasteiger charge is 2.22. The van der Waals surface area contributed by atoms with E-state index < -0.39 is 0 Å². The van der Waals surface area contributed by atoms with Gasteiger partial charge in [0.25, 0.3) is 0 Å². The highest BCUT2D eigenvalue weighted by Crippen LogP contribution is 2.31. The van der Waals surface area contributed by atoms with Gasteiger partial charge in [-0.2, -0.15) is 4.39 Å². The van der Waals surface area contributed by atoms with Gasteiger partial charge in [0.15, 0.2) is 0 Å². The molecule has 0 radical (unpaired) electrons. The summed E-state index contributed by atoms with van der Waals surface area (Å²) >= 11 is 2.21. The van der Waals surface area contributed by atoms with E-state index in [9.17, 15) is 4.39 Å². The van der Waals surface area contributed by atoms with E-state index in [0.29, 0.717) is 0 Å². The summed E-state index contributed by atoms with van der Waals surface area (Å²) in [5.74, 6) is -0.385. The minimum Gasteiger partial charge on any atom is -0.227 e. The quantitative estimate of drug-likeness (QED) is 0.609. The summed E-state index contributed by atoms with van der Waals surface area (Å²) in [5, 5.41) is 0. The van der Waals surface area contributed by atoms with Crippen molar-refractivity contribution < 1.29 is 4.39 Å². The Morgan fingerprint density at radius 3 is 2.71 bits per heavy atom. The van der Waals surface area contributed by atoms with Gasteiger partial charge in [-0.25, -0.2) is 4.98 Å². The van der Waals surface area contributed by atoms with Crippen molar-refractivity contribution in [1.29, 1.82) is 0 Å². The third-order valence-corrected chi connectivity index (χ3v) is 3.29. The molecule has 1 heterocycles. The Labute approximate surface area is 98.3 Å². The SMILES string of the molecule is CCCC(C)(C)c1cc(F)ncc1I. The van der Waals surface area contributed by atoms with Crippen LogP contribution in [-0.2, 0) is 5.41 Å². The Balaban J connectivity index is 3.10. The molecule has 3 heteroatoms. The van der Waals surface area contributed by atoms with Crippen molar-refractivity contribution in [2.45, 2.75) is 39.0 Å². The highest BCUT2D eigenvalue weighted by atomic mass is 127. The van der Waals surface area contributed by atoms with Crippen LogP contribution in [0.15, 0.2) is 12.3 Å². The zero-order chi connectivity index (χ0) is 10.8. The van der Waals surface area contributed by atoms with E-state index in [0.717, 1.165) is 22.0 Å². The predicted octanol–water partition coefficient (Wildman–Crippen LogP) is 3.90. The monoisotopic (exact) mass is 307 g/mol. The van der Waals surface area contributed by atoms with Crippen LogP contribution in [0.3, 0.4) is 0 Å². The normalized spacial score (nSPS) is 11.8. The first kappa shape index (κ1) is 11.9. The number of aromatic nitrogens is 1. The summed E-state index contributed by atoms with van der Waals surface area (Å²) < 4.78 is 14.0. The number of halogens is 2. The van der Waals surface area contributed by atoms with Gasteiger partial charge in [-0.1, -0.05) is 27.2 Å². The van der Waals surface area contributed by atoms with Gasteiger partial charge in [0.1, 0.15) is 0 Å². The topological polar surface area (TPSA) is 12.9 Å². The van der Waals surface area contributed by atoms with Crippen LogP contribution < -0.4 is 0 Å². The van der Waals surface area contributed by atoms with E-state index in [1.807, 2.05) is 0 Å². The smallest absolute Gasteiger partial charge is 0.213 e. The van der Waals surface area contributed by atoms with E-state index in [2.05, 4.69) is 48.3 Å². The molecule has 1 aromatic rings. The fourth-order valence-corrected chi connectivity index (χ4v) is 2.72. The summed E-state index contributed by atoms with van der Waals surface area (Å²) in [5.41, 5.74) is 1.10. The zero-order valence-corrected chi connectivity index (χ0v) is 10.9. The summed E-state index contributed by atoms with van der Waals surface area (Å²) in [4.78, 5) is 3.64. The van der Waals surface area contributed by atoms with Crippen LogP contribution in [-0.4, -0.2) is 4.98 Å². The van der Waals surface area contributed by atoms with Crippen LogP contribution in [0.2, 0.25) is 0 Å². The molecule has 14 heavy (non-hydrogen) atoms. The molecule has 0 aliphatic rings. The van der Waals surface area contributed by atoms with Crippen LogP contribution in [0.4, 0.5) is 4.39 Å². The van der Waals surface area contributed by atoms with Crippen molar-refractivity contribution >= 4 is 22.6 Å². The zero-order valence-electron chi connectivity index (χ0n) is 8.77. The second-order valence-electron chi connectivity index (χ2n) is 4.12. The Bertz CT molecular complexity index is 323. The molecule has 0 bridgehead atoms. The molecule has 0 aromatic carbocycles. The van der Waals surface area contributed by atoms with E-state index in [4.69, 9.17) is 0 Å². The second kappa shape index (κ2) is 4.55. The van der Waals surface area contributed by atoms with Crippen LogP contribution in [0.5, 0.6) is 0 Å². The van der Waals surface area contributed by atoms with Gasteiger partial charge in [0.2, 0.25) is 5.95 Å². The van der Waals surface area contributed by atoms with Crippen molar-refractivity contribution in [3.63, 3.8) is 0 Å². The molecule has 78 valence electrons. The fourth-order valence-electron chi connectivity index (χ4n) is 1.69. The van der Waals surface area contributed by atoms with E-state index in [1.165, 1.54) is 0 Å². The minimum absolute atomic E-state index is 0.0368. The maximum Gasteiger partial charge on any atom is 0.213 e. The van der Waals surface area contributed by atoms with Crippen molar-refractivity contribution in [2.24, 2.45) is 0 Å². The molecular formula is C11H15FIN. The van der Waals surface area contributed by atoms with Gasteiger partial charge >= 0.3 is 0 Å². The Morgan fingerprint density at radius 1 is 1.50 bits per heavy atom. The molecule has 1 rings (SSSR count). The van der Waals surface area contributed by atoms with Crippen molar-refractivity contribution in [1.82, 2.24) is 4.98 Å². The molecule has 0 spiro atoms. The summed E-state index contributed by atoms with van der Waals surface area (Å²) in [6, 6.07) is 1.55. The molecule has 1 aromatic heterocycles. The highest BCUT2D eigenvalue weighted by molar-refractivity contribution is 14.1. The number of nitrogens with zero attached hydrogens (tertiary/aromatic N) is 1. The molecule has 0 aliphatic carbocycles. The average Bonchev–Trinajstić information content (AvgIpc) is 2.09. The van der Waals surface area contributed by atoms with E-state index in [1.54, 1.807) is 12.3 Å². The average molecular weight is 307 g/mol. The molecule has 0 aliphatic heterocycles. The van der Waals surface area contributed by atoms with E-state index >= 15 is 0 Å². The van der Waals surface area contributed by atoms with Gasteiger partial charge in [-0.15, -0.1) is 0 Å². The Morgan fingerprint density at radius 2 is 2.14 bits per heavy atom. The van der Waals surface area contributed by atoms with Gasteiger partial charge in [-0.3, -0.25) is 0 Å². The second-order valence-corrected chi connectivity index (χ2v) is 5.28. The lowest BCUT2D eigenvalue weighted by atomic mass is 9.81. The summed E-state index contributed by atoms with van der Waals surface area (Å²) in [6.07, 6.45) is 3.77. The fraction of sp³-hybridized carbons (Fsp3) is 0.545. The Kier molecular flexibility index (Phi) is 3.86. The maximum absolute atomic E-state index is 13.0. The number of rotatable bonds is 3. The van der Waals surface area contributed by atoms with Crippen LogP contribution in [0.25, 0.3) is 0 Å². The van der Waals surface area contributed by atoms with Crippen LogP contribution in [0, 0.1) is 9.52 Å². The third kappa shape index (κ3) is 2.65. The number of hydrogen-bond acceptors (Lipinski definition) is 1. The third-order valence-electron chi connectivity index (χ3n) is 2.43. The van der Waals surface area contributed by atoms with Gasteiger partial charge in [-0.05, 0) is 46.1 Å². The van der Waals surface area contributed by atoms with Gasteiger partial charge in [0.05, 0.1) is 0 Å². The predicted molar refractivity (Wildman–Crippen MR) is 64.8 cm³/mol. The van der Waals surface area contributed by atoms with Crippen molar-refractivity contribution in [3.05, 3.63) is 27.3 Å².